The number of ketones is 1. The van der Waals surface area contributed by atoms with Crippen LogP contribution in [0.2, 0.25) is 0 Å². The van der Waals surface area contributed by atoms with Gasteiger partial charge in [-0.05, 0) is 82.0 Å². The summed E-state index contributed by atoms with van der Waals surface area (Å²) in [6.07, 6.45) is 3.93. The van der Waals surface area contributed by atoms with Crippen LogP contribution in [0, 0.1) is 0 Å². The second-order valence-electron chi connectivity index (χ2n) is 7.20. The zero-order valence-corrected chi connectivity index (χ0v) is 16.1. The Morgan fingerprint density at radius 3 is 1.39 bits per heavy atom. The Bertz CT molecular complexity index is 1140. The minimum Gasteiger partial charge on any atom is -0.289 e. The molecule has 4 aromatic carbocycles. The molecule has 136 valence electrons. The molecule has 0 unspecified atom stereocenters. The number of carbonyl (C=O) groups excluding carboxylic acids is 1. The van der Waals surface area contributed by atoms with Gasteiger partial charge in [0.1, 0.15) is 0 Å². The predicted octanol–water partition coefficient (Wildman–Crippen LogP) is 7.07. The lowest BCUT2D eigenvalue weighted by Crippen LogP contribution is -2.01. The standard InChI is InChI=1S/C27H22O/c1-19(15-21-11-13-23-7-3-5-9-25(23)17-21)27(28)20(2)16-22-12-14-24-8-4-6-10-26(24)18-22/h3-18H,1-2H3/b19-15+,20-16+. The van der Waals surface area contributed by atoms with Gasteiger partial charge in [-0.25, -0.2) is 0 Å². The summed E-state index contributed by atoms with van der Waals surface area (Å²) in [6, 6.07) is 29.0. The van der Waals surface area contributed by atoms with E-state index in [4.69, 9.17) is 0 Å². The molecule has 0 bridgehead atoms. The van der Waals surface area contributed by atoms with Gasteiger partial charge in [0.25, 0.3) is 0 Å². The van der Waals surface area contributed by atoms with Crippen molar-refractivity contribution in [1.82, 2.24) is 0 Å². The molecule has 4 aromatic rings. The zero-order chi connectivity index (χ0) is 19.5. The normalized spacial score (nSPS) is 12.5. The molecule has 0 radical (unpaired) electrons. The highest BCUT2D eigenvalue weighted by Gasteiger charge is 2.08. The van der Waals surface area contributed by atoms with Crippen molar-refractivity contribution < 1.29 is 4.79 Å². The second kappa shape index (κ2) is 7.66. The van der Waals surface area contributed by atoms with E-state index in [1.54, 1.807) is 0 Å². The highest BCUT2D eigenvalue weighted by molar-refractivity contribution is 6.12. The van der Waals surface area contributed by atoms with E-state index in [-0.39, 0.29) is 5.78 Å². The summed E-state index contributed by atoms with van der Waals surface area (Å²) in [5, 5.41) is 4.77. The molecule has 0 aliphatic rings. The van der Waals surface area contributed by atoms with Crippen molar-refractivity contribution in [3.05, 3.63) is 107 Å². The second-order valence-corrected chi connectivity index (χ2v) is 7.20. The number of allylic oxidation sites excluding steroid dienone is 2. The Hall–Kier alpha value is -3.45. The monoisotopic (exact) mass is 362 g/mol. The Morgan fingerprint density at radius 1 is 0.571 bits per heavy atom. The minimum absolute atomic E-state index is 0.0707. The molecule has 28 heavy (non-hydrogen) atoms. The molecule has 1 nitrogen and oxygen atoms in total. The van der Waals surface area contributed by atoms with Crippen LogP contribution in [-0.2, 0) is 4.79 Å². The molecule has 0 aromatic heterocycles. The van der Waals surface area contributed by atoms with Crippen LogP contribution < -0.4 is 0 Å². The molecule has 0 N–H and O–H groups in total. The van der Waals surface area contributed by atoms with Gasteiger partial charge in [0, 0.05) is 0 Å². The molecule has 0 heterocycles. The van der Waals surface area contributed by atoms with E-state index < -0.39 is 0 Å². The summed E-state index contributed by atoms with van der Waals surface area (Å²) in [4.78, 5) is 12.8. The smallest absolute Gasteiger partial charge is 0.184 e. The van der Waals surface area contributed by atoms with Gasteiger partial charge < -0.3 is 0 Å². The molecular formula is C27H22O. The Kier molecular flexibility index (Phi) is 4.90. The van der Waals surface area contributed by atoms with Crippen molar-refractivity contribution >= 4 is 39.5 Å². The Labute approximate surface area is 165 Å². The van der Waals surface area contributed by atoms with E-state index in [0.717, 1.165) is 22.3 Å². The fraction of sp³-hybridized carbons (Fsp3) is 0.0741. The molecule has 0 fully saturated rings. The Balaban J connectivity index is 1.60. The predicted molar refractivity (Wildman–Crippen MR) is 120 cm³/mol. The number of benzene rings is 4. The van der Waals surface area contributed by atoms with Crippen LogP contribution in [0.25, 0.3) is 33.7 Å². The third-order valence-corrected chi connectivity index (χ3v) is 5.03. The van der Waals surface area contributed by atoms with Crippen LogP contribution in [-0.4, -0.2) is 5.78 Å². The third-order valence-electron chi connectivity index (χ3n) is 5.03. The Morgan fingerprint density at radius 2 is 0.964 bits per heavy atom. The first-order chi connectivity index (χ1) is 13.6. The maximum absolute atomic E-state index is 12.8. The fourth-order valence-electron chi connectivity index (χ4n) is 3.54. The van der Waals surface area contributed by atoms with E-state index >= 15 is 0 Å². The van der Waals surface area contributed by atoms with Gasteiger partial charge in [0.15, 0.2) is 5.78 Å². The van der Waals surface area contributed by atoms with Crippen LogP contribution in [0.4, 0.5) is 0 Å². The van der Waals surface area contributed by atoms with Crippen LogP contribution in [0.3, 0.4) is 0 Å². The van der Waals surface area contributed by atoms with Crippen LogP contribution in [0.5, 0.6) is 0 Å². The van der Waals surface area contributed by atoms with Gasteiger partial charge in [0.05, 0.1) is 0 Å². The quantitative estimate of drug-likeness (QED) is 0.355. The number of rotatable bonds is 4. The lowest BCUT2D eigenvalue weighted by atomic mass is 9.99. The molecule has 0 aliphatic heterocycles. The SMILES string of the molecule is C/C(=C\c1ccc2ccccc2c1)C(=O)/C(C)=C/c1ccc2ccccc2c1. The van der Waals surface area contributed by atoms with Crippen molar-refractivity contribution in [1.29, 1.82) is 0 Å². The lowest BCUT2D eigenvalue weighted by Gasteiger charge is -2.05. The van der Waals surface area contributed by atoms with Gasteiger partial charge in [-0.15, -0.1) is 0 Å². The molecule has 0 atom stereocenters. The molecule has 0 saturated heterocycles. The van der Waals surface area contributed by atoms with Gasteiger partial charge in [-0.2, -0.15) is 0 Å². The summed E-state index contributed by atoms with van der Waals surface area (Å²) in [5.74, 6) is 0.0707. The largest absolute Gasteiger partial charge is 0.289 e. The summed E-state index contributed by atoms with van der Waals surface area (Å²) in [5.41, 5.74) is 3.57. The summed E-state index contributed by atoms with van der Waals surface area (Å²) >= 11 is 0. The molecule has 1 heteroatoms. The van der Waals surface area contributed by atoms with Crippen molar-refractivity contribution in [2.75, 3.05) is 0 Å². The molecule has 0 spiro atoms. The van der Waals surface area contributed by atoms with E-state index in [9.17, 15) is 4.79 Å². The third kappa shape index (κ3) is 3.79. The fourth-order valence-corrected chi connectivity index (χ4v) is 3.54. The first-order valence-corrected chi connectivity index (χ1v) is 9.49. The molecular weight excluding hydrogens is 340 g/mol. The molecule has 0 aliphatic carbocycles. The summed E-state index contributed by atoms with van der Waals surface area (Å²) in [7, 11) is 0. The number of hydrogen-bond donors (Lipinski definition) is 0. The zero-order valence-electron chi connectivity index (χ0n) is 16.1. The maximum Gasteiger partial charge on any atom is 0.184 e. The number of Topliss-reactive ketones (excluding diaryl/α,β-unsaturated/α-hetero) is 1. The van der Waals surface area contributed by atoms with E-state index in [1.807, 2.05) is 50.3 Å². The first kappa shape index (κ1) is 17.9. The van der Waals surface area contributed by atoms with E-state index in [1.165, 1.54) is 21.5 Å². The van der Waals surface area contributed by atoms with Crippen molar-refractivity contribution in [2.24, 2.45) is 0 Å². The van der Waals surface area contributed by atoms with Crippen molar-refractivity contribution in [3.63, 3.8) is 0 Å². The molecule has 4 rings (SSSR count). The van der Waals surface area contributed by atoms with Gasteiger partial charge in [-0.3, -0.25) is 4.79 Å². The highest BCUT2D eigenvalue weighted by atomic mass is 16.1. The van der Waals surface area contributed by atoms with Gasteiger partial charge in [0.2, 0.25) is 0 Å². The maximum atomic E-state index is 12.8. The van der Waals surface area contributed by atoms with Crippen molar-refractivity contribution in [3.8, 4) is 0 Å². The first-order valence-electron chi connectivity index (χ1n) is 9.49. The topological polar surface area (TPSA) is 17.1 Å². The van der Waals surface area contributed by atoms with Crippen LogP contribution in [0.1, 0.15) is 25.0 Å². The number of hydrogen-bond acceptors (Lipinski definition) is 1. The summed E-state index contributed by atoms with van der Waals surface area (Å²) in [6.45, 7) is 3.77. The average molecular weight is 362 g/mol. The molecule has 0 amide bonds. The van der Waals surface area contributed by atoms with E-state index in [2.05, 4.69) is 60.7 Å². The van der Waals surface area contributed by atoms with Gasteiger partial charge >= 0.3 is 0 Å². The minimum atomic E-state index is 0.0707. The van der Waals surface area contributed by atoms with Gasteiger partial charge in [-0.1, -0.05) is 72.8 Å². The molecule has 0 saturated carbocycles. The number of carbonyl (C=O) groups is 1. The van der Waals surface area contributed by atoms with E-state index in [0.29, 0.717) is 0 Å². The lowest BCUT2D eigenvalue weighted by molar-refractivity contribution is -0.112. The van der Waals surface area contributed by atoms with Crippen molar-refractivity contribution in [2.45, 2.75) is 13.8 Å². The highest BCUT2D eigenvalue weighted by Crippen LogP contribution is 2.21. The summed E-state index contributed by atoms with van der Waals surface area (Å²) < 4.78 is 0. The average Bonchev–Trinajstić information content (AvgIpc) is 2.73. The number of fused-ring (bicyclic) bond motifs is 2. The van der Waals surface area contributed by atoms with Crippen LogP contribution >= 0.6 is 0 Å². The van der Waals surface area contributed by atoms with Crippen LogP contribution in [0.15, 0.2) is 96.1 Å².